The highest BCUT2D eigenvalue weighted by molar-refractivity contribution is 7.91. The first kappa shape index (κ1) is 12.6. The summed E-state index contributed by atoms with van der Waals surface area (Å²) in [6.07, 6.45) is 1.57. The minimum Gasteiger partial charge on any atom is -0.228 e. The van der Waals surface area contributed by atoms with Gasteiger partial charge in [-0.3, -0.25) is 0 Å². The molecular formula is C14H20O2S. The van der Waals surface area contributed by atoms with Gasteiger partial charge in [0.15, 0.2) is 9.84 Å². The zero-order chi connectivity index (χ0) is 12.7. The molecule has 0 aromatic heterocycles. The summed E-state index contributed by atoms with van der Waals surface area (Å²) in [5.74, 6) is 0.346. The summed E-state index contributed by atoms with van der Waals surface area (Å²) in [7, 11) is -2.89. The summed E-state index contributed by atoms with van der Waals surface area (Å²) in [6, 6.07) is 8.08. The lowest BCUT2D eigenvalue weighted by Gasteiger charge is -2.20. The Morgan fingerprint density at radius 1 is 1.12 bits per heavy atom. The Morgan fingerprint density at radius 3 is 2.12 bits per heavy atom. The molecule has 94 valence electrons. The van der Waals surface area contributed by atoms with Crippen molar-refractivity contribution in [3.05, 3.63) is 35.4 Å². The highest BCUT2D eigenvalue weighted by Crippen LogP contribution is 2.35. The average Bonchev–Trinajstić information content (AvgIpc) is 2.57. The summed E-state index contributed by atoms with van der Waals surface area (Å²) in [5, 5.41) is -0.267. The van der Waals surface area contributed by atoms with E-state index in [0.717, 1.165) is 18.4 Å². The lowest BCUT2D eigenvalue weighted by Crippen LogP contribution is -2.12. The summed E-state index contributed by atoms with van der Waals surface area (Å²) in [5.41, 5.74) is 2.32. The van der Waals surface area contributed by atoms with Gasteiger partial charge in [-0.05, 0) is 29.4 Å². The molecule has 0 unspecified atom stereocenters. The van der Waals surface area contributed by atoms with Crippen molar-refractivity contribution in [1.82, 2.24) is 0 Å². The van der Waals surface area contributed by atoms with Crippen LogP contribution in [-0.2, 0) is 15.3 Å². The zero-order valence-electron chi connectivity index (χ0n) is 10.7. The summed E-state index contributed by atoms with van der Waals surface area (Å²) in [6.45, 7) is 6.48. The fourth-order valence-electron chi connectivity index (χ4n) is 2.36. The van der Waals surface area contributed by atoms with Gasteiger partial charge in [0.2, 0.25) is 0 Å². The molecule has 0 aliphatic carbocycles. The second kappa shape index (κ2) is 4.13. The molecule has 0 spiro atoms. The number of rotatable bonds is 1. The Morgan fingerprint density at radius 2 is 1.71 bits per heavy atom. The highest BCUT2D eigenvalue weighted by atomic mass is 32.2. The lowest BCUT2D eigenvalue weighted by molar-refractivity contribution is 0.588. The van der Waals surface area contributed by atoms with E-state index in [4.69, 9.17) is 0 Å². The quantitative estimate of drug-likeness (QED) is 0.769. The second-order valence-corrected chi connectivity index (χ2v) is 8.17. The first-order valence-corrected chi connectivity index (χ1v) is 7.84. The molecule has 2 rings (SSSR count). The van der Waals surface area contributed by atoms with E-state index in [1.807, 2.05) is 12.1 Å². The number of benzene rings is 1. The fourth-order valence-corrected chi connectivity index (χ4v) is 4.31. The number of hydrogen-bond donors (Lipinski definition) is 0. The minimum absolute atomic E-state index is 0.118. The van der Waals surface area contributed by atoms with E-state index in [2.05, 4.69) is 32.9 Å². The predicted octanol–water partition coefficient (Wildman–Crippen LogP) is 3.23. The average molecular weight is 252 g/mol. The van der Waals surface area contributed by atoms with Crippen LogP contribution in [-0.4, -0.2) is 14.2 Å². The SMILES string of the molecule is CC(C)(C)c1ccc([C@@H]2CCCS2(=O)=O)cc1. The first-order chi connectivity index (χ1) is 7.81. The summed E-state index contributed by atoms with van der Waals surface area (Å²) < 4.78 is 23.7. The number of hydrogen-bond acceptors (Lipinski definition) is 2. The van der Waals surface area contributed by atoms with Crippen molar-refractivity contribution in [3.63, 3.8) is 0 Å². The standard InChI is InChI=1S/C14H20O2S/c1-14(2,3)12-8-6-11(7-9-12)13-5-4-10-17(13,15)16/h6-9,13H,4-5,10H2,1-3H3/t13-/m0/s1. The lowest BCUT2D eigenvalue weighted by atomic mass is 9.86. The number of sulfone groups is 1. The third-order valence-corrected chi connectivity index (χ3v) is 5.71. The molecule has 3 heteroatoms. The molecule has 0 bridgehead atoms. The first-order valence-electron chi connectivity index (χ1n) is 6.13. The van der Waals surface area contributed by atoms with Crippen LogP contribution in [0.3, 0.4) is 0 Å². The van der Waals surface area contributed by atoms with E-state index >= 15 is 0 Å². The van der Waals surface area contributed by atoms with Crippen LogP contribution in [0.2, 0.25) is 0 Å². The fraction of sp³-hybridized carbons (Fsp3) is 0.571. The van der Waals surface area contributed by atoms with Crippen LogP contribution in [0.25, 0.3) is 0 Å². The van der Waals surface area contributed by atoms with Crippen molar-refractivity contribution in [3.8, 4) is 0 Å². The molecule has 1 aliphatic heterocycles. The second-order valence-electron chi connectivity index (χ2n) is 5.87. The molecule has 0 radical (unpaired) electrons. The maximum absolute atomic E-state index is 11.8. The van der Waals surface area contributed by atoms with Crippen molar-refractivity contribution >= 4 is 9.84 Å². The molecule has 1 heterocycles. The Hall–Kier alpha value is -0.830. The maximum atomic E-state index is 11.8. The molecule has 17 heavy (non-hydrogen) atoms. The minimum atomic E-state index is -2.89. The topological polar surface area (TPSA) is 34.1 Å². The van der Waals surface area contributed by atoms with E-state index in [1.165, 1.54) is 5.56 Å². The van der Waals surface area contributed by atoms with Crippen LogP contribution in [0.5, 0.6) is 0 Å². The smallest absolute Gasteiger partial charge is 0.157 e. The van der Waals surface area contributed by atoms with Crippen LogP contribution in [0.15, 0.2) is 24.3 Å². The van der Waals surface area contributed by atoms with Crippen LogP contribution in [0.4, 0.5) is 0 Å². The molecule has 1 aromatic carbocycles. The van der Waals surface area contributed by atoms with Gasteiger partial charge in [-0.2, -0.15) is 0 Å². The van der Waals surface area contributed by atoms with E-state index in [1.54, 1.807) is 0 Å². The van der Waals surface area contributed by atoms with Crippen LogP contribution in [0.1, 0.15) is 50.0 Å². The third-order valence-electron chi connectivity index (χ3n) is 3.48. The Labute approximate surface area is 104 Å². The van der Waals surface area contributed by atoms with E-state index in [0.29, 0.717) is 5.75 Å². The van der Waals surface area contributed by atoms with Crippen LogP contribution >= 0.6 is 0 Å². The van der Waals surface area contributed by atoms with Crippen LogP contribution < -0.4 is 0 Å². The highest BCUT2D eigenvalue weighted by Gasteiger charge is 2.32. The normalized spacial score (nSPS) is 23.8. The van der Waals surface area contributed by atoms with Gasteiger partial charge in [0.05, 0.1) is 11.0 Å². The van der Waals surface area contributed by atoms with Crippen molar-refractivity contribution in [2.75, 3.05) is 5.75 Å². The Balaban J connectivity index is 2.31. The Kier molecular flexibility index (Phi) is 3.06. The van der Waals surface area contributed by atoms with E-state index in [-0.39, 0.29) is 10.7 Å². The molecule has 1 fully saturated rings. The van der Waals surface area contributed by atoms with Gasteiger partial charge < -0.3 is 0 Å². The maximum Gasteiger partial charge on any atom is 0.157 e. The monoisotopic (exact) mass is 252 g/mol. The van der Waals surface area contributed by atoms with Crippen molar-refractivity contribution in [1.29, 1.82) is 0 Å². The molecule has 1 aromatic rings. The molecule has 2 nitrogen and oxygen atoms in total. The van der Waals surface area contributed by atoms with E-state index < -0.39 is 9.84 Å². The van der Waals surface area contributed by atoms with Gasteiger partial charge in [-0.25, -0.2) is 8.42 Å². The van der Waals surface area contributed by atoms with Crippen LogP contribution in [0, 0.1) is 0 Å². The third kappa shape index (κ3) is 2.54. The van der Waals surface area contributed by atoms with Crippen molar-refractivity contribution in [2.24, 2.45) is 0 Å². The van der Waals surface area contributed by atoms with Gasteiger partial charge >= 0.3 is 0 Å². The molecule has 0 saturated carbocycles. The molecule has 0 N–H and O–H groups in total. The zero-order valence-corrected chi connectivity index (χ0v) is 11.5. The molecule has 1 atom stereocenters. The molecule has 0 amide bonds. The summed E-state index contributed by atoms with van der Waals surface area (Å²) in [4.78, 5) is 0. The molecular weight excluding hydrogens is 232 g/mol. The van der Waals surface area contributed by atoms with E-state index in [9.17, 15) is 8.42 Å². The predicted molar refractivity (Wildman–Crippen MR) is 70.9 cm³/mol. The Bertz CT molecular complexity index is 492. The van der Waals surface area contributed by atoms with Gasteiger partial charge in [-0.1, -0.05) is 45.0 Å². The summed E-state index contributed by atoms with van der Waals surface area (Å²) >= 11 is 0. The van der Waals surface area contributed by atoms with Gasteiger partial charge in [0.1, 0.15) is 0 Å². The van der Waals surface area contributed by atoms with Gasteiger partial charge in [0.25, 0.3) is 0 Å². The largest absolute Gasteiger partial charge is 0.228 e. The molecule has 1 aliphatic rings. The van der Waals surface area contributed by atoms with Gasteiger partial charge in [-0.15, -0.1) is 0 Å². The van der Waals surface area contributed by atoms with Gasteiger partial charge in [0, 0.05) is 0 Å². The molecule has 1 saturated heterocycles. The van der Waals surface area contributed by atoms with Crippen molar-refractivity contribution in [2.45, 2.75) is 44.3 Å². The van der Waals surface area contributed by atoms with Crippen molar-refractivity contribution < 1.29 is 8.42 Å².